The Kier molecular flexibility index (Phi) is 7.97. The molecule has 0 aromatic carbocycles. The van der Waals surface area contributed by atoms with Crippen LogP contribution in [-0.4, -0.2) is 22.2 Å². The van der Waals surface area contributed by atoms with Gasteiger partial charge in [0.05, 0.1) is 5.41 Å². The van der Waals surface area contributed by atoms with Crippen LogP contribution in [-0.2, 0) is 9.59 Å². The van der Waals surface area contributed by atoms with Gasteiger partial charge < -0.3 is 10.2 Å². The fourth-order valence-corrected chi connectivity index (χ4v) is 6.12. The topological polar surface area (TPSA) is 74.6 Å². The largest absolute Gasteiger partial charge is 0.481 e. The molecule has 0 amide bonds. The van der Waals surface area contributed by atoms with Crippen LogP contribution >= 0.6 is 0 Å². The van der Waals surface area contributed by atoms with Gasteiger partial charge in [-0.15, -0.1) is 0 Å². The summed E-state index contributed by atoms with van der Waals surface area (Å²) in [5, 5.41) is 19.7. The van der Waals surface area contributed by atoms with Gasteiger partial charge in [-0.25, -0.2) is 0 Å². The van der Waals surface area contributed by atoms with Crippen LogP contribution in [0.1, 0.15) is 97.3 Å². The molecule has 4 unspecified atom stereocenters. The van der Waals surface area contributed by atoms with Gasteiger partial charge in [0.1, 0.15) is 0 Å². The highest BCUT2D eigenvalue weighted by Gasteiger charge is 2.53. The van der Waals surface area contributed by atoms with Crippen molar-refractivity contribution in [1.82, 2.24) is 0 Å². The molecule has 2 saturated carbocycles. The molecule has 2 aliphatic carbocycles. The maximum atomic E-state index is 12.9. The van der Waals surface area contributed by atoms with Crippen molar-refractivity contribution < 1.29 is 19.8 Å². The molecule has 4 nitrogen and oxygen atoms in total. The Hall–Kier alpha value is -1.06. The van der Waals surface area contributed by atoms with Gasteiger partial charge in [-0.05, 0) is 49.4 Å². The van der Waals surface area contributed by atoms with Gasteiger partial charge in [0, 0.05) is 6.42 Å². The van der Waals surface area contributed by atoms with E-state index in [9.17, 15) is 14.7 Å². The minimum absolute atomic E-state index is 0.0806. The molecule has 0 radical (unpaired) electrons. The van der Waals surface area contributed by atoms with Crippen molar-refractivity contribution in [3.8, 4) is 0 Å². The Bertz CT molecular complexity index is 449. The third-order valence-electron chi connectivity index (χ3n) is 7.43. The number of carboxylic acid groups (broad SMARTS) is 2. The van der Waals surface area contributed by atoms with Crippen molar-refractivity contribution in [1.29, 1.82) is 0 Å². The zero-order chi connectivity index (χ0) is 19.2. The molecule has 2 rings (SSSR count). The normalized spacial score (nSPS) is 32.8. The second-order valence-electron chi connectivity index (χ2n) is 9.04. The maximum Gasteiger partial charge on any atom is 0.310 e. The van der Waals surface area contributed by atoms with E-state index in [0.29, 0.717) is 24.7 Å². The van der Waals surface area contributed by atoms with Crippen molar-refractivity contribution in [3.63, 3.8) is 0 Å². The monoisotopic (exact) mass is 366 g/mol. The van der Waals surface area contributed by atoms with Crippen LogP contribution < -0.4 is 0 Å². The molecular formula is C22H38O4. The highest BCUT2D eigenvalue weighted by atomic mass is 16.4. The fraction of sp³-hybridized carbons (Fsp3) is 0.909. The number of carboxylic acids is 2. The Labute approximate surface area is 158 Å². The third kappa shape index (κ3) is 4.80. The predicted molar refractivity (Wildman–Crippen MR) is 103 cm³/mol. The summed E-state index contributed by atoms with van der Waals surface area (Å²) in [6.45, 7) is 4.48. The van der Waals surface area contributed by atoms with Crippen LogP contribution in [0.15, 0.2) is 0 Å². The standard InChI is InChI=1S/C22H38O4/c1-16-10-5-3-7-12-18(16)22(21(25)26,15-9-14-20(23)24)19-13-8-4-6-11-17(19)2/h16-19H,3-15H2,1-2H3,(H,23,24)(H,25,26). The van der Waals surface area contributed by atoms with E-state index in [4.69, 9.17) is 5.11 Å². The summed E-state index contributed by atoms with van der Waals surface area (Å²) in [5.41, 5.74) is -0.747. The van der Waals surface area contributed by atoms with Gasteiger partial charge in [-0.2, -0.15) is 0 Å². The molecule has 4 atom stereocenters. The second kappa shape index (κ2) is 9.75. The Balaban J connectivity index is 2.40. The van der Waals surface area contributed by atoms with Crippen LogP contribution in [0.3, 0.4) is 0 Å². The fourth-order valence-electron chi connectivity index (χ4n) is 6.12. The lowest BCUT2D eigenvalue weighted by Crippen LogP contribution is -2.49. The van der Waals surface area contributed by atoms with E-state index in [1.165, 1.54) is 25.7 Å². The van der Waals surface area contributed by atoms with E-state index in [1.807, 2.05) is 0 Å². The lowest BCUT2D eigenvalue weighted by molar-refractivity contribution is -0.164. The first-order chi connectivity index (χ1) is 12.4. The van der Waals surface area contributed by atoms with Gasteiger partial charge in [0.25, 0.3) is 0 Å². The summed E-state index contributed by atoms with van der Waals surface area (Å²) in [6, 6.07) is 0. The number of aliphatic carboxylic acids is 2. The SMILES string of the molecule is CC1CCCCCC1C(CCCC(=O)O)(C(=O)O)C1CCCCCC1C. The highest BCUT2D eigenvalue weighted by Crippen LogP contribution is 2.54. The van der Waals surface area contributed by atoms with Crippen molar-refractivity contribution in [3.05, 3.63) is 0 Å². The average molecular weight is 367 g/mol. The molecule has 0 saturated heterocycles. The Morgan fingerprint density at radius 1 is 0.808 bits per heavy atom. The Morgan fingerprint density at radius 3 is 1.69 bits per heavy atom. The summed E-state index contributed by atoms with van der Waals surface area (Å²) < 4.78 is 0. The molecule has 2 aliphatic rings. The van der Waals surface area contributed by atoms with Gasteiger partial charge in [0.15, 0.2) is 0 Å². The molecule has 0 spiro atoms. The lowest BCUT2D eigenvalue weighted by Gasteiger charge is -2.47. The summed E-state index contributed by atoms with van der Waals surface area (Å²) in [6.07, 6.45) is 12.3. The van der Waals surface area contributed by atoms with Crippen LogP contribution in [0.4, 0.5) is 0 Å². The first kappa shape index (κ1) is 21.2. The average Bonchev–Trinajstić information content (AvgIpc) is 2.92. The maximum absolute atomic E-state index is 12.9. The molecule has 0 aromatic heterocycles. The van der Waals surface area contributed by atoms with E-state index in [1.54, 1.807) is 0 Å². The van der Waals surface area contributed by atoms with Crippen LogP contribution in [0.25, 0.3) is 0 Å². The van der Waals surface area contributed by atoms with Gasteiger partial charge in [0.2, 0.25) is 0 Å². The number of hydrogen-bond acceptors (Lipinski definition) is 2. The zero-order valence-corrected chi connectivity index (χ0v) is 16.7. The number of carbonyl (C=O) groups is 2. The first-order valence-electron chi connectivity index (χ1n) is 10.8. The van der Waals surface area contributed by atoms with E-state index in [2.05, 4.69) is 13.8 Å². The van der Waals surface area contributed by atoms with Crippen molar-refractivity contribution in [2.45, 2.75) is 97.3 Å². The lowest BCUT2D eigenvalue weighted by atomic mass is 9.55. The molecule has 26 heavy (non-hydrogen) atoms. The third-order valence-corrected chi connectivity index (χ3v) is 7.43. The Morgan fingerprint density at radius 2 is 1.27 bits per heavy atom. The molecule has 0 heterocycles. The minimum atomic E-state index is -0.813. The van der Waals surface area contributed by atoms with Crippen LogP contribution in [0, 0.1) is 29.1 Å². The van der Waals surface area contributed by atoms with E-state index < -0.39 is 17.4 Å². The molecular weight excluding hydrogens is 328 g/mol. The van der Waals surface area contributed by atoms with Gasteiger partial charge in [-0.3, -0.25) is 9.59 Å². The van der Waals surface area contributed by atoms with Crippen molar-refractivity contribution in [2.24, 2.45) is 29.1 Å². The number of rotatable bonds is 7. The van der Waals surface area contributed by atoms with Crippen LogP contribution in [0.2, 0.25) is 0 Å². The quantitative estimate of drug-likeness (QED) is 0.563. The molecule has 150 valence electrons. The van der Waals surface area contributed by atoms with Crippen LogP contribution in [0.5, 0.6) is 0 Å². The summed E-state index contributed by atoms with van der Waals surface area (Å²) in [5.74, 6) is -0.279. The minimum Gasteiger partial charge on any atom is -0.481 e. The molecule has 0 aromatic rings. The summed E-state index contributed by atoms with van der Waals surface area (Å²) in [7, 11) is 0. The molecule has 2 N–H and O–H groups in total. The molecule has 2 fully saturated rings. The molecule has 0 bridgehead atoms. The molecule has 4 heteroatoms. The predicted octanol–water partition coefficient (Wildman–Crippen LogP) is 5.75. The molecule has 0 aliphatic heterocycles. The smallest absolute Gasteiger partial charge is 0.310 e. The number of hydrogen-bond donors (Lipinski definition) is 2. The second-order valence-corrected chi connectivity index (χ2v) is 9.04. The van der Waals surface area contributed by atoms with Crippen molar-refractivity contribution >= 4 is 11.9 Å². The summed E-state index contributed by atoms with van der Waals surface area (Å²) in [4.78, 5) is 24.0. The zero-order valence-electron chi connectivity index (χ0n) is 16.7. The van der Waals surface area contributed by atoms with E-state index in [0.717, 1.165) is 38.5 Å². The van der Waals surface area contributed by atoms with E-state index in [-0.39, 0.29) is 18.3 Å². The first-order valence-corrected chi connectivity index (χ1v) is 10.8. The highest BCUT2D eigenvalue weighted by molar-refractivity contribution is 5.76. The van der Waals surface area contributed by atoms with Gasteiger partial charge >= 0.3 is 11.9 Å². The van der Waals surface area contributed by atoms with Crippen molar-refractivity contribution in [2.75, 3.05) is 0 Å². The summed E-state index contributed by atoms with van der Waals surface area (Å²) >= 11 is 0. The van der Waals surface area contributed by atoms with E-state index >= 15 is 0 Å². The van der Waals surface area contributed by atoms with Gasteiger partial charge in [-0.1, -0.05) is 65.2 Å².